The Morgan fingerprint density at radius 3 is 2.67 bits per heavy atom. The van der Waals surface area contributed by atoms with Crippen molar-refractivity contribution in [3.8, 4) is 5.75 Å². The number of carbonyl (C=O) groups is 1. The number of phenols is 1. The number of hydrazone groups is 1. The number of rotatable bonds is 4. The number of hydrogen-bond acceptors (Lipinski definition) is 5. The van der Waals surface area contributed by atoms with Crippen molar-refractivity contribution in [1.82, 2.24) is 16.3 Å². The van der Waals surface area contributed by atoms with Crippen molar-refractivity contribution in [2.75, 3.05) is 0 Å². The number of amides is 1. The Hall–Kier alpha value is -3.22. The summed E-state index contributed by atoms with van der Waals surface area (Å²) in [5, 5.41) is 16.0. The Kier molecular flexibility index (Phi) is 4.82. The first-order valence-electron chi connectivity index (χ1n) is 8.81. The molecule has 2 unspecified atom stereocenters. The summed E-state index contributed by atoms with van der Waals surface area (Å²) in [5.41, 5.74) is 10.4. The normalized spacial score (nSPS) is 19.6. The smallest absolute Gasteiger partial charge is 0.258 e. The predicted molar refractivity (Wildman–Crippen MR) is 105 cm³/mol. The van der Waals surface area contributed by atoms with Gasteiger partial charge >= 0.3 is 0 Å². The molecule has 0 bridgehead atoms. The lowest BCUT2D eigenvalue weighted by molar-refractivity contribution is -0.122. The van der Waals surface area contributed by atoms with E-state index in [1.165, 1.54) is 17.0 Å². The zero-order valence-electron chi connectivity index (χ0n) is 14.6. The van der Waals surface area contributed by atoms with Crippen LogP contribution in [0.4, 0.5) is 0 Å². The number of carbonyl (C=O) groups excluding carboxylic acids is 1. The summed E-state index contributed by atoms with van der Waals surface area (Å²) in [7, 11) is 0. The van der Waals surface area contributed by atoms with Gasteiger partial charge in [-0.1, -0.05) is 48.5 Å². The second-order valence-corrected chi connectivity index (χ2v) is 6.53. The second-order valence-electron chi connectivity index (χ2n) is 6.53. The van der Waals surface area contributed by atoms with E-state index in [-0.39, 0.29) is 23.7 Å². The summed E-state index contributed by atoms with van der Waals surface area (Å²) < 4.78 is 0. The number of nitrogens with one attached hydrogen (secondary N) is 3. The highest BCUT2D eigenvalue weighted by atomic mass is 16.3. The highest BCUT2D eigenvalue weighted by Crippen LogP contribution is 2.25. The van der Waals surface area contributed by atoms with Crippen molar-refractivity contribution in [3.63, 3.8) is 0 Å². The number of para-hydroxylation sites is 1. The average molecular weight is 360 g/mol. The molecule has 6 heteroatoms. The van der Waals surface area contributed by atoms with Crippen LogP contribution in [-0.4, -0.2) is 23.3 Å². The van der Waals surface area contributed by atoms with Crippen LogP contribution in [-0.2, 0) is 4.79 Å². The fourth-order valence-corrected chi connectivity index (χ4v) is 3.21. The van der Waals surface area contributed by atoms with Crippen LogP contribution in [0.2, 0.25) is 0 Å². The summed E-state index contributed by atoms with van der Waals surface area (Å²) in [6.45, 7) is 0. The van der Waals surface area contributed by atoms with Gasteiger partial charge in [0.2, 0.25) is 0 Å². The van der Waals surface area contributed by atoms with Crippen LogP contribution in [0.5, 0.6) is 5.75 Å². The lowest BCUT2D eigenvalue weighted by Crippen LogP contribution is -2.41. The third kappa shape index (κ3) is 3.81. The third-order valence-electron chi connectivity index (χ3n) is 4.71. The van der Waals surface area contributed by atoms with Gasteiger partial charge in [0.1, 0.15) is 11.8 Å². The fraction of sp³-hybridized carbons (Fsp3) is 0.143. The highest BCUT2D eigenvalue weighted by molar-refractivity contribution is 5.87. The Balaban J connectivity index is 1.38. The summed E-state index contributed by atoms with van der Waals surface area (Å²) in [6, 6.07) is 21.0. The van der Waals surface area contributed by atoms with E-state index in [2.05, 4.69) is 51.7 Å². The molecule has 1 aliphatic rings. The van der Waals surface area contributed by atoms with Crippen molar-refractivity contribution in [3.05, 3.63) is 77.9 Å². The number of phenolic OH excluding ortho intramolecular Hbond substituents is 1. The van der Waals surface area contributed by atoms with Gasteiger partial charge in [0.05, 0.1) is 6.21 Å². The SMILES string of the molecule is O=C(N/N=C/c1ccccc1O)C1CC(c2ccc3ccccc3c2)NN1. The molecule has 0 aromatic heterocycles. The number of nitrogens with zero attached hydrogens (tertiary/aromatic N) is 1. The van der Waals surface area contributed by atoms with Gasteiger partial charge in [-0.3, -0.25) is 4.79 Å². The molecule has 4 N–H and O–H groups in total. The molecule has 0 radical (unpaired) electrons. The summed E-state index contributed by atoms with van der Waals surface area (Å²) in [4.78, 5) is 12.3. The van der Waals surface area contributed by atoms with Crippen molar-refractivity contribution < 1.29 is 9.90 Å². The highest BCUT2D eigenvalue weighted by Gasteiger charge is 2.30. The Morgan fingerprint density at radius 1 is 1.04 bits per heavy atom. The van der Waals surface area contributed by atoms with Gasteiger partial charge in [0, 0.05) is 11.6 Å². The molecule has 3 aromatic carbocycles. The van der Waals surface area contributed by atoms with Crippen LogP contribution in [0, 0.1) is 0 Å². The van der Waals surface area contributed by atoms with Gasteiger partial charge in [-0.2, -0.15) is 5.10 Å². The van der Waals surface area contributed by atoms with Gasteiger partial charge in [0.15, 0.2) is 0 Å². The fourth-order valence-electron chi connectivity index (χ4n) is 3.21. The lowest BCUT2D eigenvalue weighted by Gasteiger charge is -2.10. The van der Waals surface area contributed by atoms with Crippen molar-refractivity contribution in [1.29, 1.82) is 0 Å². The summed E-state index contributed by atoms with van der Waals surface area (Å²) in [5.74, 6) is -0.106. The zero-order chi connectivity index (χ0) is 18.6. The first-order chi connectivity index (χ1) is 13.2. The molecule has 2 atom stereocenters. The van der Waals surface area contributed by atoms with E-state index >= 15 is 0 Å². The topological polar surface area (TPSA) is 85.8 Å². The average Bonchev–Trinajstić information content (AvgIpc) is 3.19. The van der Waals surface area contributed by atoms with E-state index in [0.717, 1.165) is 5.56 Å². The summed E-state index contributed by atoms with van der Waals surface area (Å²) >= 11 is 0. The standard InChI is InChI=1S/C21H20N4O2/c26-20-8-4-3-7-17(20)13-22-25-21(27)19-12-18(23-24-19)16-10-9-14-5-1-2-6-15(14)11-16/h1-11,13,18-19,23-24,26H,12H2,(H,25,27)/b22-13+. The second kappa shape index (κ2) is 7.57. The van der Waals surface area contributed by atoms with Gasteiger partial charge in [0.25, 0.3) is 5.91 Å². The number of hydrogen-bond donors (Lipinski definition) is 4. The monoisotopic (exact) mass is 360 g/mol. The molecule has 1 heterocycles. The Bertz CT molecular complexity index is 1000. The molecule has 1 amide bonds. The van der Waals surface area contributed by atoms with E-state index < -0.39 is 0 Å². The molecule has 6 nitrogen and oxygen atoms in total. The first-order valence-corrected chi connectivity index (χ1v) is 8.81. The minimum Gasteiger partial charge on any atom is -0.507 e. The molecule has 3 aromatic rings. The zero-order valence-corrected chi connectivity index (χ0v) is 14.6. The maximum absolute atomic E-state index is 12.3. The molecule has 0 saturated carbocycles. The molecule has 27 heavy (non-hydrogen) atoms. The molecule has 1 aliphatic heterocycles. The molecule has 0 aliphatic carbocycles. The van der Waals surface area contributed by atoms with Crippen molar-refractivity contribution in [2.45, 2.75) is 18.5 Å². The largest absolute Gasteiger partial charge is 0.507 e. The van der Waals surface area contributed by atoms with Crippen LogP contribution in [0.1, 0.15) is 23.6 Å². The van der Waals surface area contributed by atoms with E-state index in [1.807, 2.05) is 12.1 Å². The first kappa shape index (κ1) is 17.2. The molecule has 4 rings (SSSR count). The van der Waals surface area contributed by atoms with Crippen LogP contribution in [0.3, 0.4) is 0 Å². The molecule has 1 saturated heterocycles. The van der Waals surface area contributed by atoms with Crippen molar-refractivity contribution >= 4 is 22.9 Å². The van der Waals surface area contributed by atoms with Gasteiger partial charge < -0.3 is 5.11 Å². The van der Waals surface area contributed by atoms with E-state index in [4.69, 9.17) is 0 Å². The van der Waals surface area contributed by atoms with Gasteiger partial charge in [-0.25, -0.2) is 16.3 Å². The van der Waals surface area contributed by atoms with Crippen LogP contribution >= 0.6 is 0 Å². The van der Waals surface area contributed by atoms with E-state index in [9.17, 15) is 9.90 Å². The molecule has 1 fully saturated rings. The maximum atomic E-state index is 12.3. The molecular formula is C21H20N4O2. The van der Waals surface area contributed by atoms with Crippen molar-refractivity contribution in [2.24, 2.45) is 5.10 Å². The Morgan fingerprint density at radius 2 is 1.81 bits per heavy atom. The summed E-state index contributed by atoms with van der Waals surface area (Å²) in [6.07, 6.45) is 2.05. The Labute approximate surface area is 156 Å². The predicted octanol–water partition coefficient (Wildman–Crippen LogP) is 2.60. The third-order valence-corrected chi connectivity index (χ3v) is 4.71. The van der Waals surface area contributed by atoms with E-state index in [1.54, 1.807) is 24.3 Å². The van der Waals surface area contributed by atoms with Gasteiger partial charge in [-0.05, 0) is 41.0 Å². The van der Waals surface area contributed by atoms with Crippen LogP contribution < -0.4 is 16.3 Å². The van der Waals surface area contributed by atoms with Crippen LogP contribution in [0.15, 0.2) is 71.8 Å². The number of benzene rings is 3. The quantitative estimate of drug-likeness (QED) is 0.426. The maximum Gasteiger partial charge on any atom is 0.258 e. The lowest BCUT2D eigenvalue weighted by atomic mass is 9.99. The minimum atomic E-state index is -0.386. The number of fused-ring (bicyclic) bond motifs is 1. The van der Waals surface area contributed by atoms with E-state index in [0.29, 0.717) is 12.0 Å². The number of aromatic hydroxyl groups is 1. The van der Waals surface area contributed by atoms with Crippen LogP contribution in [0.25, 0.3) is 10.8 Å². The molecule has 0 spiro atoms. The van der Waals surface area contributed by atoms with Gasteiger partial charge in [-0.15, -0.1) is 0 Å². The molecular weight excluding hydrogens is 340 g/mol. The number of hydrazine groups is 1. The minimum absolute atomic E-state index is 0.0486. The molecule has 136 valence electrons.